The Morgan fingerprint density at radius 3 is 2.57 bits per heavy atom. The predicted molar refractivity (Wildman–Crippen MR) is 114 cm³/mol. The number of nitrogens with zero attached hydrogens (tertiary/aromatic N) is 2. The van der Waals surface area contributed by atoms with Crippen molar-refractivity contribution in [3.05, 3.63) is 0 Å². The van der Waals surface area contributed by atoms with Crippen molar-refractivity contribution >= 4 is 41.7 Å². The van der Waals surface area contributed by atoms with Crippen LogP contribution in [0.3, 0.4) is 0 Å². The molecule has 1 aliphatic carbocycles. The summed E-state index contributed by atoms with van der Waals surface area (Å²) >= 11 is 1.88. The van der Waals surface area contributed by atoms with E-state index < -0.39 is 0 Å². The monoisotopic (exact) mass is 454 g/mol. The quantitative estimate of drug-likeness (QED) is 0.367. The van der Waals surface area contributed by atoms with E-state index in [2.05, 4.69) is 42.6 Å². The first kappa shape index (κ1) is 21.4. The first-order valence-corrected chi connectivity index (χ1v) is 10.1. The number of thioether (sulfide) groups is 1. The second-order valence-corrected chi connectivity index (χ2v) is 8.74. The van der Waals surface area contributed by atoms with Crippen LogP contribution in [0.15, 0.2) is 4.99 Å². The van der Waals surface area contributed by atoms with Gasteiger partial charge in [-0.3, -0.25) is 9.89 Å². The van der Waals surface area contributed by atoms with Crippen LogP contribution in [0.5, 0.6) is 0 Å². The van der Waals surface area contributed by atoms with Crippen molar-refractivity contribution in [2.75, 3.05) is 32.4 Å². The van der Waals surface area contributed by atoms with Crippen molar-refractivity contribution < 1.29 is 0 Å². The zero-order chi connectivity index (χ0) is 16.0. The summed E-state index contributed by atoms with van der Waals surface area (Å²) in [5.41, 5.74) is 0. The van der Waals surface area contributed by atoms with E-state index in [4.69, 9.17) is 4.99 Å². The molecular weight excluding hydrogens is 419 g/mol. The predicted octanol–water partition coefficient (Wildman–Crippen LogP) is 3.32. The molecule has 0 amide bonds. The lowest BCUT2D eigenvalue weighted by Crippen LogP contribution is -2.45. The van der Waals surface area contributed by atoms with Gasteiger partial charge in [0.05, 0.1) is 6.54 Å². The molecule has 1 atom stereocenters. The third-order valence-corrected chi connectivity index (χ3v) is 6.15. The van der Waals surface area contributed by atoms with E-state index in [1.165, 1.54) is 45.2 Å². The largest absolute Gasteiger partial charge is 0.357 e. The molecule has 4 nitrogen and oxygen atoms in total. The molecule has 1 saturated heterocycles. The fourth-order valence-electron chi connectivity index (χ4n) is 3.35. The minimum Gasteiger partial charge on any atom is -0.357 e. The SMILES string of the molecule is CCNC(=NCC(C)(C)SC)NC1CCN(C2CCCC2)C1.I. The molecule has 136 valence electrons. The third-order valence-electron chi connectivity index (χ3n) is 4.92. The van der Waals surface area contributed by atoms with Crippen molar-refractivity contribution in [3.63, 3.8) is 0 Å². The van der Waals surface area contributed by atoms with Gasteiger partial charge in [-0.15, -0.1) is 24.0 Å². The highest BCUT2D eigenvalue weighted by Crippen LogP contribution is 2.26. The Morgan fingerprint density at radius 1 is 1.26 bits per heavy atom. The van der Waals surface area contributed by atoms with E-state index >= 15 is 0 Å². The third kappa shape index (κ3) is 6.98. The van der Waals surface area contributed by atoms with Crippen LogP contribution in [0.25, 0.3) is 0 Å². The molecule has 2 aliphatic rings. The average Bonchev–Trinajstić information content (AvgIpc) is 3.16. The van der Waals surface area contributed by atoms with E-state index in [-0.39, 0.29) is 28.7 Å². The molecule has 1 unspecified atom stereocenters. The first-order chi connectivity index (χ1) is 10.5. The van der Waals surface area contributed by atoms with E-state index in [1.54, 1.807) is 0 Å². The molecule has 6 heteroatoms. The molecule has 23 heavy (non-hydrogen) atoms. The maximum Gasteiger partial charge on any atom is 0.191 e. The number of aliphatic imine (C=N–C) groups is 1. The van der Waals surface area contributed by atoms with Crippen LogP contribution >= 0.6 is 35.7 Å². The fraction of sp³-hybridized carbons (Fsp3) is 0.941. The zero-order valence-corrected chi connectivity index (χ0v) is 18.4. The van der Waals surface area contributed by atoms with Gasteiger partial charge in [0.15, 0.2) is 5.96 Å². The molecule has 1 aliphatic heterocycles. The number of hydrogen-bond acceptors (Lipinski definition) is 3. The average molecular weight is 454 g/mol. The van der Waals surface area contributed by atoms with Crippen molar-refractivity contribution in [3.8, 4) is 0 Å². The number of rotatable bonds is 6. The van der Waals surface area contributed by atoms with Crippen molar-refractivity contribution in [1.82, 2.24) is 15.5 Å². The lowest BCUT2D eigenvalue weighted by molar-refractivity contribution is 0.242. The van der Waals surface area contributed by atoms with Gasteiger partial charge in [-0.25, -0.2) is 0 Å². The smallest absolute Gasteiger partial charge is 0.191 e. The van der Waals surface area contributed by atoms with Crippen LogP contribution in [0, 0.1) is 0 Å². The Balaban J connectivity index is 0.00000264. The maximum atomic E-state index is 4.80. The summed E-state index contributed by atoms with van der Waals surface area (Å²) in [5, 5.41) is 7.06. The molecule has 0 aromatic heterocycles. The molecular formula is C17H35IN4S. The molecule has 1 heterocycles. The van der Waals surface area contributed by atoms with E-state index in [0.717, 1.165) is 25.1 Å². The molecule has 0 spiro atoms. The summed E-state index contributed by atoms with van der Waals surface area (Å²) in [6.07, 6.45) is 9.06. The van der Waals surface area contributed by atoms with Crippen LogP contribution < -0.4 is 10.6 Å². The number of nitrogens with one attached hydrogen (secondary N) is 2. The summed E-state index contributed by atoms with van der Waals surface area (Å²) in [6, 6.07) is 1.40. The summed E-state index contributed by atoms with van der Waals surface area (Å²) < 4.78 is 0.202. The van der Waals surface area contributed by atoms with Gasteiger partial charge in [-0.2, -0.15) is 11.8 Å². The van der Waals surface area contributed by atoms with Crippen LogP contribution in [0.4, 0.5) is 0 Å². The summed E-state index contributed by atoms with van der Waals surface area (Å²) in [6.45, 7) is 10.8. The first-order valence-electron chi connectivity index (χ1n) is 8.88. The second-order valence-electron chi connectivity index (χ2n) is 7.22. The second kappa shape index (κ2) is 10.3. The van der Waals surface area contributed by atoms with Gasteiger partial charge in [0, 0.05) is 36.5 Å². The molecule has 1 saturated carbocycles. The van der Waals surface area contributed by atoms with Gasteiger partial charge in [0.2, 0.25) is 0 Å². The van der Waals surface area contributed by atoms with Crippen molar-refractivity contribution in [2.45, 2.75) is 69.7 Å². The van der Waals surface area contributed by atoms with E-state index in [0.29, 0.717) is 6.04 Å². The number of likely N-dealkylation sites (tertiary alicyclic amines) is 1. The highest BCUT2D eigenvalue weighted by atomic mass is 127. The van der Waals surface area contributed by atoms with E-state index in [9.17, 15) is 0 Å². The lowest BCUT2D eigenvalue weighted by Gasteiger charge is -2.24. The highest BCUT2D eigenvalue weighted by molar-refractivity contribution is 14.0. The topological polar surface area (TPSA) is 39.7 Å². The molecule has 2 fully saturated rings. The lowest BCUT2D eigenvalue weighted by atomic mass is 10.2. The molecule has 2 rings (SSSR count). The van der Waals surface area contributed by atoms with Crippen LogP contribution in [0.1, 0.15) is 52.9 Å². The maximum absolute atomic E-state index is 4.80. The standard InChI is InChI=1S/C17H34N4S.HI/c1-5-18-16(19-13-17(2,3)22-4)20-14-10-11-21(12-14)15-8-6-7-9-15;/h14-15H,5-13H2,1-4H3,(H2,18,19,20);1H. The van der Waals surface area contributed by atoms with Crippen LogP contribution in [0.2, 0.25) is 0 Å². The van der Waals surface area contributed by atoms with Gasteiger partial charge < -0.3 is 10.6 Å². The Labute approximate surface area is 164 Å². The molecule has 0 radical (unpaired) electrons. The Bertz CT molecular complexity index is 370. The normalized spacial score (nSPS) is 23.8. The number of halogens is 1. The van der Waals surface area contributed by atoms with Gasteiger partial charge in [0.25, 0.3) is 0 Å². The Kier molecular flexibility index (Phi) is 9.59. The number of hydrogen-bond donors (Lipinski definition) is 2. The van der Waals surface area contributed by atoms with Crippen molar-refractivity contribution in [1.29, 1.82) is 0 Å². The highest BCUT2D eigenvalue weighted by Gasteiger charge is 2.30. The molecule has 2 N–H and O–H groups in total. The van der Waals surface area contributed by atoms with Gasteiger partial charge >= 0.3 is 0 Å². The van der Waals surface area contributed by atoms with Crippen molar-refractivity contribution in [2.24, 2.45) is 4.99 Å². The number of guanidine groups is 1. The summed E-state index contributed by atoms with van der Waals surface area (Å²) in [7, 11) is 0. The Morgan fingerprint density at radius 2 is 1.96 bits per heavy atom. The van der Waals surface area contributed by atoms with E-state index in [1.807, 2.05) is 11.8 Å². The summed E-state index contributed by atoms with van der Waals surface area (Å²) in [4.78, 5) is 7.49. The van der Waals surface area contributed by atoms with Gasteiger partial charge in [-0.1, -0.05) is 12.8 Å². The molecule has 0 aromatic rings. The molecule has 0 bridgehead atoms. The van der Waals surface area contributed by atoms with Crippen LogP contribution in [-0.2, 0) is 0 Å². The van der Waals surface area contributed by atoms with Crippen LogP contribution in [-0.4, -0.2) is 60.1 Å². The summed E-state index contributed by atoms with van der Waals surface area (Å²) in [5.74, 6) is 0.989. The molecule has 0 aromatic carbocycles. The van der Waals surface area contributed by atoms with Gasteiger partial charge in [-0.05, 0) is 46.3 Å². The fourth-order valence-corrected chi connectivity index (χ4v) is 3.55. The van der Waals surface area contributed by atoms with Gasteiger partial charge in [0.1, 0.15) is 0 Å². The minimum atomic E-state index is 0. The zero-order valence-electron chi connectivity index (χ0n) is 15.2. The minimum absolute atomic E-state index is 0. The Hall–Kier alpha value is 0.310.